The number of hydrogen-bond acceptors (Lipinski definition) is 4. The first-order valence-corrected chi connectivity index (χ1v) is 9.60. The summed E-state index contributed by atoms with van der Waals surface area (Å²) >= 11 is 0. The minimum Gasteiger partial charge on any atom is -0.351 e. The fraction of sp³-hybridized carbons (Fsp3) is 0.333. The Balaban J connectivity index is 1.77. The molecule has 0 radical (unpaired) electrons. The molecule has 1 aliphatic rings. The van der Waals surface area contributed by atoms with Gasteiger partial charge in [-0.05, 0) is 50.6 Å². The lowest BCUT2D eigenvalue weighted by Crippen LogP contribution is -2.50. The van der Waals surface area contributed by atoms with Gasteiger partial charge in [0, 0.05) is 23.6 Å². The molecule has 2 atom stereocenters. The molecule has 166 valence electrons. The molecule has 0 aliphatic carbocycles. The van der Waals surface area contributed by atoms with Crippen LogP contribution < -0.4 is 21.5 Å². The number of nitrogens with zero attached hydrogens (tertiary/aromatic N) is 1. The Morgan fingerprint density at radius 2 is 1.65 bits per heavy atom. The van der Waals surface area contributed by atoms with Crippen LogP contribution in [0.5, 0.6) is 0 Å². The Kier molecular flexibility index (Phi) is 6.61. The second kappa shape index (κ2) is 9.03. The Hall–Kier alpha value is -2.98. The highest BCUT2D eigenvalue weighted by Gasteiger charge is 2.26. The molecule has 2 unspecified atom stereocenters. The summed E-state index contributed by atoms with van der Waals surface area (Å²) in [6.07, 6.45) is 0.0401. The van der Waals surface area contributed by atoms with E-state index in [-0.39, 0.29) is 23.4 Å². The van der Waals surface area contributed by atoms with E-state index in [0.717, 1.165) is 5.56 Å². The summed E-state index contributed by atoms with van der Waals surface area (Å²) in [7, 11) is 0. The van der Waals surface area contributed by atoms with Crippen molar-refractivity contribution in [3.63, 3.8) is 0 Å². The Morgan fingerprint density at radius 1 is 1.03 bits per heavy atom. The third kappa shape index (κ3) is 6.02. The minimum atomic E-state index is -1.65. The molecule has 1 saturated heterocycles. The van der Waals surface area contributed by atoms with E-state index in [1.165, 1.54) is 12.1 Å². The zero-order valence-corrected chi connectivity index (χ0v) is 17.2. The van der Waals surface area contributed by atoms with Crippen molar-refractivity contribution in [2.24, 2.45) is 4.99 Å². The van der Waals surface area contributed by atoms with Crippen molar-refractivity contribution >= 4 is 11.9 Å². The third-order valence-corrected chi connectivity index (χ3v) is 4.41. The van der Waals surface area contributed by atoms with Crippen LogP contribution >= 0.6 is 0 Å². The molecule has 1 heterocycles. The second-order valence-electron chi connectivity index (χ2n) is 8.21. The summed E-state index contributed by atoms with van der Waals surface area (Å²) in [4.78, 5) is 16.9. The lowest BCUT2D eigenvalue weighted by molar-refractivity contribution is 0.0974. The van der Waals surface area contributed by atoms with E-state index < -0.39 is 35.1 Å². The van der Waals surface area contributed by atoms with Crippen LogP contribution in [0.15, 0.2) is 41.4 Å². The Bertz CT molecular complexity index is 965. The van der Waals surface area contributed by atoms with Gasteiger partial charge >= 0.3 is 0 Å². The predicted octanol–water partition coefficient (Wildman–Crippen LogP) is 3.28. The molecule has 3 rings (SSSR count). The van der Waals surface area contributed by atoms with Crippen molar-refractivity contribution in [2.75, 3.05) is 0 Å². The standard InChI is InChI=1S/C21H23F4N5O/c1-21(2,3)28-20(27-19(31)12-8-14(23)18(25)15(24)9-12)26-17-10-16(29-30-17)11-4-6-13(22)7-5-11/h4-9,16-17,29-30H,10H2,1-3H3,(H2,26,27,28,31). The monoisotopic (exact) mass is 437 g/mol. The summed E-state index contributed by atoms with van der Waals surface area (Å²) in [6, 6.07) is 7.14. The number of halogens is 4. The number of aliphatic imine (C=N–C) groups is 1. The van der Waals surface area contributed by atoms with Crippen LogP contribution in [-0.4, -0.2) is 23.6 Å². The normalized spacial score (nSPS) is 19.4. The molecule has 2 aromatic rings. The van der Waals surface area contributed by atoms with Crippen molar-refractivity contribution in [1.29, 1.82) is 0 Å². The number of carbonyl (C=O) groups is 1. The van der Waals surface area contributed by atoms with E-state index in [1.54, 1.807) is 12.1 Å². The first-order valence-electron chi connectivity index (χ1n) is 9.60. The number of guanidine groups is 1. The van der Waals surface area contributed by atoms with Crippen LogP contribution in [0, 0.1) is 23.3 Å². The van der Waals surface area contributed by atoms with Gasteiger partial charge in [-0.2, -0.15) is 0 Å². The zero-order chi connectivity index (χ0) is 22.8. The van der Waals surface area contributed by atoms with Gasteiger partial charge in [0.15, 0.2) is 23.4 Å². The van der Waals surface area contributed by atoms with E-state index in [9.17, 15) is 22.4 Å². The topological polar surface area (TPSA) is 77.6 Å². The number of hydrogen-bond donors (Lipinski definition) is 4. The Labute approximate surface area is 177 Å². The van der Waals surface area contributed by atoms with Crippen molar-refractivity contribution in [3.8, 4) is 0 Å². The van der Waals surface area contributed by atoms with Crippen LogP contribution in [0.2, 0.25) is 0 Å². The molecule has 1 amide bonds. The van der Waals surface area contributed by atoms with E-state index in [2.05, 4.69) is 26.5 Å². The summed E-state index contributed by atoms with van der Waals surface area (Å²) in [5.74, 6) is -5.69. The molecule has 31 heavy (non-hydrogen) atoms. The molecular formula is C21H23F4N5O. The molecule has 0 saturated carbocycles. The SMILES string of the molecule is CC(C)(C)NC(=NC1CC(c2ccc(F)cc2)NN1)NC(=O)c1cc(F)c(F)c(F)c1. The number of nitrogens with one attached hydrogen (secondary N) is 4. The molecule has 10 heteroatoms. The average molecular weight is 437 g/mol. The number of rotatable bonds is 3. The van der Waals surface area contributed by atoms with Gasteiger partial charge in [-0.15, -0.1) is 0 Å². The maximum atomic E-state index is 13.5. The lowest BCUT2D eigenvalue weighted by atomic mass is 10.0. The van der Waals surface area contributed by atoms with Gasteiger partial charge in [0.2, 0.25) is 0 Å². The van der Waals surface area contributed by atoms with Crippen LogP contribution in [0.4, 0.5) is 17.6 Å². The maximum Gasteiger partial charge on any atom is 0.258 e. The highest BCUT2D eigenvalue weighted by atomic mass is 19.2. The molecule has 0 bridgehead atoms. The van der Waals surface area contributed by atoms with Gasteiger partial charge in [0.05, 0.1) is 0 Å². The molecule has 1 aliphatic heterocycles. The highest BCUT2D eigenvalue weighted by molar-refractivity contribution is 6.05. The lowest BCUT2D eigenvalue weighted by Gasteiger charge is -2.24. The first-order chi connectivity index (χ1) is 14.5. The van der Waals surface area contributed by atoms with Crippen LogP contribution in [-0.2, 0) is 0 Å². The van der Waals surface area contributed by atoms with Crippen LogP contribution in [0.25, 0.3) is 0 Å². The van der Waals surface area contributed by atoms with Gasteiger partial charge in [-0.1, -0.05) is 12.1 Å². The smallest absolute Gasteiger partial charge is 0.258 e. The molecule has 0 aromatic heterocycles. The molecular weight excluding hydrogens is 414 g/mol. The van der Waals surface area contributed by atoms with E-state index in [4.69, 9.17) is 0 Å². The quantitative estimate of drug-likeness (QED) is 0.257. The summed E-state index contributed by atoms with van der Waals surface area (Å²) < 4.78 is 53.3. The fourth-order valence-corrected chi connectivity index (χ4v) is 3.01. The predicted molar refractivity (Wildman–Crippen MR) is 108 cm³/mol. The van der Waals surface area contributed by atoms with Gasteiger partial charge in [-0.3, -0.25) is 10.1 Å². The molecule has 4 N–H and O–H groups in total. The van der Waals surface area contributed by atoms with E-state index in [1.807, 2.05) is 20.8 Å². The first kappa shape index (κ1) is 22.7. The molecule has 0 spiro atoms. The summed E-state index contributed by atoms with van der Waals surface area (Å²) in [6.45, 7) is 5.52. The van der Waals surface area contributed by atoms with Crippen LogP contribution in [0.3, 0.4) is 0 Å². The van der Waals surface area contributed by atoms with Gasteiger partial charge in [0.1, 0.15) is 12.0 Å². The van der Waals surface area contributed by atoms with Crippen LogP contribution in [0.1, 0.15) is 49.2 Å². The number of benzene rings is 2. The molecule has 1 fully saturated rings. The van der Waals surface area contributed by atoms with Gasteiger partial charge in [-0.25, -0.2) is 33.4 Å². The number of amides is 1. The highest BCUT2D eigenvalue weighted by Crippen LogP contribution is 2.23. The number of hydrazine groups is 1. The van der Waals surface area contributed by atoms with Crippen molar-refractivity contribution < 1.29 is 22.4 Å². The number of carbonyl (C=O) groups excluding carboxylic acids is 1. The van der Waals surface area contributed by atoms with E-state index in [0.29, 0.717) is 18.6 Å². The maximum absolute atomic E-state index is 13.5. The molecule has 6 nitrogen and oxygen atoms in total. The minimum absolute atomic E-state index is 0.0710. The third-order valence-electron chi connectivity index (χ3n) is 4.41. The zero-order valence-electron chi connectivity index (χ0n) is 17.2. The average Bonchev–Trinajstić information content (AvgIpc) is 3.13. The fourth-order valence-electron chi connectivity index (χ4n) is 3.01. The largest absolute Gasteiger partial charge is 0.351 e. The summed E-state index contributed by atoms with van der Waals surface area (Å²) in [5.41, 5.74) is 6.02. The Morgan fingerprint density at radius 3 is 2.23 bits per heavy atom. The van der Waals surface area contributed by atoms with Crippen molar-refractivity contribution in [2.45, 2.75) is 44.9 Å². The van der Waals surface area contributed by atoms with E-state index >= 15 is 0 Å². The molecule has 2 aromatic carbocycles. The summed E-state index contributed by atoms with van der Waals surface area (Å²) in [5, 5.41) is 5.51. The van der Waals surface area contributed by atoms with Crippen molar-refractivity contribution in [3.05, 3.63) is 70.8 Å². The van der Waals surface area contributed by atoms with Gasteiger partial charge in [0.25, 0.3) is 5.91 Å². The van der Waals surface area contributed by atoms with Crippen molar-refractivity contribution in [1.82, 2.24) is 21.5 Å². The van der Waals surface area contributed by atoms with Gasteiger partial charge < -0.3 is 5.32 Å². The second-order valence-corrected chi connectivity index (χ2v) is 8.21.